The first kappa shape index (κ1) is 19.4. The van der Waals surface area contributed by atoms with Crippen molar-refractivity contribution in [2.45, 2.75) is 13.5 Å². The Morgan fingerprint density at radius 2 is 1.93 bits per heavy atom. The Kier molecular flexibility index (Phi) is 5.78. The van der Waals surface area contributed by atoms with Gasteiger partial charge in [-0.2, -0.15) is 0 Å². The number of aryl methyl sites for hydroxylation is 1. The van der Waals surface area contributed by atoms with Gasteiger partial charge >= 0.3 is 0 Å². The first-order valence-corrected chi connectivity index (χ1v) is 9.92. The van der Waals surface area contributed by atoms with Gasteiger partial charge in [0.05, 0.1) is 25.0 Å². The Balaban J connectivity index is 1.27. The largest absolute Gasteiger partial charge is 0.495 e. The fourth-order valence-electron chi connectivity index (χ4n) is 3.71. The zero-order chi connectivity index (χ0) is 20.2. The Bertz CT molecular complexity index is 959. The molecule has 1 fully saturated rings. The minimum Gasteiger partial charge on any atom is -0.495 e. The second-order valence-corrected chi connectivity index (χ2v) is 7.50. The molecule has 0 unspecified atom stereocenters. The maximum atomic E-state index is 12.5. The number of piperazine rings is 1. The van der Waals surface area contributed by atoms with E-state index in [2.05, 4.69) is 30.7 Å². The minimum atomic E-state index is -0.0114. The molecule has 7 heteroatoms. The number of ether oxygens (including phenoxy) is 1. The quantitative estimate of drug-likeness (QED) is 0.697. The summed E-state index contributed by atoms with van der Waals surface area (Å²) in [5.74, 6) is 0.670. The van der Waals surface area contributed by atoms with Gasteiger partial charge in [-0.15, -0.1) is 0 Å². The van der Waals surface area contributed by atoms with Crippen LogP contribution in [-0.2, 0) is 11.3 Å². The van der Waals surface area contributed by atoms with Gasteiger partial charge in [0.2, 0.25) is 5.91 Å². The van der Waals surface area contributed by atoms with Crippen molar-refractivity contribution in [2.75, 3.05) is 45.2 Å². The first-order valence-electron chi connectivity index (χ1n) is 9.92. The molecule has 3 aromatic rings. The molecule has 1 saturated heterocycles. The van der Waals surface area contributed by atoms with Gasteiger partial charge in [-0.05, 0) is 36.8 Å². The van der Waals surface area contributed by atoms with Gasteiger partial charge in [0.25, 0.3) is 0 Å². The maximum Gasteiger partial charge on any atom is 0.238 e. The zero-order valence-corrected chi connectivity index (χ0v) is 17.0. The summed E-state index contributed by atoms with van der Waals surface area (Å²) in [5.41, 5.74) is 3.86. The highest BCUT2D eigenvalue weighted by Gasteiger charge is 2.20. The molecule has 4 rings (SSSR count). The van der Waals surface area contributed by atoms with Gasteiger partial charge < -0.3 is 14.5 Å². The van der Waals surface area contributed by atoms with E-state index in [0.717, 1.165) is 55.3 Å². The van der Waals surface area contributed by atoms with E-state index in [0.29, 0.717) is 12.3 Å². The highest BCUT2D eigenvalue weighted by atomic mass is 16.5. The lowest BCUT2D eigenvalue weighted by atomic mass is 10.2. The van der Waals surface area contributed by atoms with Crippen LogP contribution in [0.1, 0.15) is 11.3 Å². The number of anilines is 1. The SMILES string of the molecule is COc1ccc(C)cc1NC(=O)CN1CCN(Cc2cn3ccccc3n2)CC1. The molecular weight excluding hydrogens is 366 g/mol. The predicted octanol–water partition coefficient (Wildman–Crippen LogP) is 2.41. The number of imidazole rings is 1. The van der Waals surface area contributed by atoms with Gasteiger partial charge in [-0.25, -0.2) is 4.98 Å². The van der Waals surface area contributed by atoms with Crippen molar-refractivity contribution in [3.8, 4) is 5.75 Å². The fraction of sp³-hybridized carbons (Fsp3) is 0.364. The highest BCUT2D eigenvalue weighted by Crippen LogP contribution is 2.25. The number of pyridine rings is 1. The van der Waals surface area contributed by atoms with Crippen LogP contribution in [0, 0.1) is 6.92 Å². The lowest BCUT2D eigenvalue weighted by molar-refractivity contribution is -0.117. The molecule has 7 nitrogen and oxygen atoms in total. The summed E-state index contributed by atoms with van der Waals surface area (Å²) in [4.78, 5) is 21.8. The summed E-state index contributed by atoms with van der Waals surface area (Å²) in [5, 5.41) is 2.98. The van der Waals surface area contributed by atoms with Crippen molar-refractivity contribution in [1.82, 2.24) is 19.2 Å². The third-order valence-corrected chi connectivity index (χ3v) is 5.26. The predicted molar refractivity (Wildman–Crippen MR) is 113 cm³/mol. The number of hydrogen-bond acceptors (Lipinski definition) is 5. The topological polar surface area (TPSA) is 62.1 Å². The number of rotatable bonds is 6. The van der Waals surface area contributed by atoms with Crippen LogP contribution in [0.4, 0.5) is 5.69 Å². The second-order valence-electron chi connectivity index (χ2n) is 7.50. The van der Waals surface area contributed by atoms with Gasteiger partial charge in [0.15, 0.2) is 0 Å². The van der Waals surface area contributed by atoms with Crippen LogP contribution in [0.25, 0.3) is 5.65 Å². The van der Waals surface area contributed by atoms with Gasteiger partial charge in [-0.3, -0.25) is 14.6 Å². The lowest BCUT2D eigenvalue weighted by Gasteiger charge is -2.33. The normalized spacial score (nSPS) is 15.5. The Hall–Kier alpha value is -2.90. The van der Waals surface area contributed by atoms with Crippen molar-refractivity contribution >= 4 is 17.2 Å². The number of methoxy groups -OCH3 is 1. The van der Waals surface area contributed by atoms with Crippen LogP contribution in [0.15, 0.2) is 48.8 Å². The summed E-state index contributed by atoms with van der Waals surface area (Å²) in [6.07, 6.45) is 4.11. The monoisotopic (exact) mass is 393 g/mol. The second kappa shape index (κ2) is 8.63. The van der Waals surface area contributed by atoms with Gasteiger partial charge in [0, 0.05) is 45.1 Å². The summed E-state index contributed by atoms with van der Waals surface area (Å²) < 4.78 is 7.39. The number of hydrogen-bond donors (Lipinski definition) is 1. The van der Waals surface area contributed by atoms with Crippen LogP contribution < -0.4 is 10.1 Å². The minimum absolute atomic E-state index is 0.0114. The van der Waals surface area contributed by atoms with Crippen LogP contribution in [-0.4, -0.2) is 64.9 Å². The fourth-order valence-corrected chi connectivity index (χ4v) is 3.71. The van der Waals surface area contributed by atoms with Crippen molar-refractivity contribution in [1.29, 1.82) is 0 Å². The molecule has 1 aliphatic heterocycles. The molecule has 1 aliphatic rings. The molecule has 0 radical (unpaired) electrons. The third-order valence-electron chi connectivity index (χ3n) is 5.26. The number of carbonyl (C=O) groups is 1. The summed E-state index contributed by atoms with van der Waals surface area (Å²) in [7, 11) is 1.61. The molecule has 1 aromatic carbocycles. The van der Waals surface area contributed by atoms with E-state index in [1.807, 2.05) is 49.5 Å². The Morgan fingerprint density at radius 1 is 1.14 bits per heavy atom. The Morgan fingerprint density at radius 3 is 2.69 bits per heavy atom. The van der Waals surface area contributed by atoms with E-state index in [9.17, 15) is 4.79 Å². The smallest absolute Gasteiger partial charge is 0.238 e. The average Bonchev–Trinajstić information content (AvgIpc) is 3.12. The van der Waals surface area contributed by atoms with E-state index in [1.165, 1.54) is 0 Å². The molecule has 1 N–H and O–H groups in total. The number of nitrogens with one attached hydrogen (secondary N) is 1. The standard InChI is InChI=1S/C22H27N5O2/c1-17-6-7-20(29-2)19(13-17)24-22(28)16-26-11-9-25(10-12-26)14-18-15-27-8-4-3-5-21(27)23-18/h3-8,13,15H,9-12,14,16H2,1-2H3,(H,24,28). The molecule has 3 heterocycles. The van der Waals surface area contributed by atoms with E-state index in [1.54, 1.807) is 7.11 Å². The average molecular weight is 393 g/mol. The molecule has 1 amide bonds. The summed E-state index contributed by atoms with van der Waals surface area (Å²) in [6.45, 7) is 6.81. The number of nitrogens with zero attached hydrogens (tertiary/aromatic N) is 4. The van der Waals surface area contributed by atoms with Gasteiger partial charge in [0.1, 0.15) is 11.4 Å². The number of carbonyl (C=O) groups excluding carboxylic acids is 1. The van der Waals surface area contributed by atoms with Crippen molar-refractivity contribution in [2.24, 2.45) is 0 Å². The molecule has 0 saturated carbocycles. The van der Waals surface area contributed by atoms with Gasteiger partial charge in [-0.1, -0.05) is 12.1 Å². The van der Waals surface area contributed by atoms with E-state index in [4.69, 9.17) is 4.74 Å². The van der Waals surface area contributed by atoms with Crippen LogP contribution in [0.2, 0.25) is 0 Å². The third kappa shape index (κ3) is 4.75. The van der Waals surface area contributed by atoms with Crippen LogP contribution >= 0.6 is 0 Å². The maximum absolute atomic E-state index is 12.5. The lowest BCUT2D eigenvalue weighted by Crippen LogP contribution is -2.48. The summed E-state index contributed by atoms with van der Waals surface area (Å²) in [6, 6.07) is 11.8. The van der Waals surface area contributed by atoms with Crippen molar-refractivity contribution in [3.63, 3.8) is 0 Å². The molecule has 152 valence electrons. The van der Waals surface area contributed by atoms with E-state index < -0.39 is 0 Å². The summed E-state index contributed by atoms with van der Waals surface area (Å²) >= 11 is 0. The number of amides is 1. The molecule has 0 bridgehead atoms. The van der Waals surface area contributed by atoms with Crippen molar-refractivity contribution in [3.05, 3.63) is 60.0 Å². The molecule has 29 heavy (non-hydrogen) atoms. The number of aromatic nitrogens is 2. The molecular formula is C22H27N5O2. The zero-order valence-electron chi connectivity index (χ0n) is 17.0. The van der Waals surface area contributed by atoms with Crippen LogP contribution in [0.3, 0.4) is 0 Å². The molecule has 2 aromatic heterocycles. The molecule has 0 spiro atoms. The Labute approximate surface area is 170 Å². The van der Waals surface area contributed by atoms with Crippen LogP contribution in [0.5, 0.6) is 5.75 Å². The van der Waals surface area contributed by atoms with E-state index >= 15 is 0 Å². The van der Waals surface area contributed by atoms with E-state index in [-0.39, 0.29) is 5.91 Å². The number of benzene rings is 1. The molecule has 0 atom stereocenters. The first-order chi connectivity index (χ1) is 14.1. The highest BCUT2D eigenvalue weighted by molar-refractivity contribution is 5.93. The van der Waals surface area contributed by atoms with Crippen molar-refractivity contribution < 1.29 is 9.53 Å². The number of fused-ring (bicyclic) bond motifs is 1. The molecule has 0 aliphatic carbocycles.